The van der Waals surface area contributed by atoms with Gasteiger partial charge < -0.3 is 16.6 Å². The van der Waals surface area contributed by atoms with E-state index < -0.39 is 6.04 Å². The van der Waals surface area contributed by atoms with E-state index >= 15 is 0 Å². The maximum absolute atomic E-state index is 9.66. The fourth-order valence-electron chi connectivity index (χ4n) is 1.16. The molecule has 0 heterocycles. The predicted octanol–water partition coefficient (Wildman–Crippen LogP) is 1.31. The van der Waals surface area contributed by atoms with Gasteiger partial charge in [0.15, 0.2) is 0 Å². The van der Waals surface area contributed by atoms with Gasteiger partial charge in [-0.15, -0.1) is 0 Å². The van der Waals surface area contributed by atoms with Crippen LogP contribution in [0.2, 0.25) is 5.02 Å². The fraction of sp³-hybridized carbons (Fsp3) is 0.333. The number of hydrogen-bond acceptors (Lipinski definition) is 3. The van der Waals surface area contributed by atoms with Crippen LogP contribution in [0.25, 0.3) is 0 Å². The van der Waals surface area contributed by atoms with Crippen molar-refractivity contribution in [3.63, 3.8) is 0 Å². The van der Waals surface area contributed by atoms with E-state index in [1.54, 1.807) is 19.1 Å². The second kappa shape index (κ2) is 3.96. The van der Waals surface area contributed by atoms with Crippen LogP contribution in [0.4, 0.5) is 0 Å². The number of aromatic hydroxyl groups is 1. The Morgan fingerprint density at radius 3 is 2.69 bits per heavy atom. The van der Waals surface area contributed by atoms with Gasteiger partial charge in [0.2, 0.25) is 0 Å². The first-order valence-electron chi connectivity index (χ1n) is 4.01. The minimum absolute atomic E-state index is 0.144. The summed E-state index contributed by atoms with van der Waals surface area (Å²) in [6.45, 7) is 2.05. The summed E-state index contributed by atoms with van der Waals surface area (Å²) in [6.07, 6.45) is 0. The lowest BCUT2D eigenvalue weighted by molar-refractivity contribution is 0.458. The van der Waals surface area contributed by atoms with Crippen molar-refractivity contribution in [3.05, 3.63) is 28.3 Å². The zero-order valence-corrected chi connectivity index (χ0v) is 8.17. The Hall–Kier alpha value is -0.770. The average molecular weight is 201 g/mol. The maximum Gasteiger partial charge on any atom is 0.124 e. The van der Waals surface area contributed by atoms with E-state index in [9.17, 15) is 5.11 Å². The Morgan fingerprint density at radius 2 is 2.15 bits per heavy atom. The smallest absolute Gasteiger partial charge is 0.124 e. The third-order valence-electron chi connectivity index (χ3n) is 1.99. The molecule has 3 nitrogen and oxygen atoms in total. The molecule has 0 amide bonds. The largest absolute Gasteiger partial charge is 0.507 e. The molecule has 13 heavy (non-hydrogen) atoms. The minimum Gasteiger partial charge on any atom is -0.507 e. The summed E-state index contributed by atoms with van der Waals surface area (Å²) in [5.74, 6) is 0.144. The molecule has 1 aromatic carbocycles. The molecule has 0 aliphatic heterocycles. The summed E-state index contributed by atoms with van der Waals surface area (Å²) in [6, 6.07) is 3.04. The fourth-order valence-corrected chi connectivity index (χ4v) is 1.46. The molecule has 0 radical (unpaired) electrons. The van der Waals surface area contributed by atoms with E-state index in [0.717, 1.165) is 5.56 Å². The van der Waals surface area contributed by atoms with Crippen molar-refractivity contribution in [2.45, 2.75) is 13.0 Å². The van der Waals surface area contributed by atoms with E-state index in [1.165, 1.54) is 0 Å². The average Bonchev–Trinajstić information content (AvgIpc) is 2.12. The lowest BCUT2D eigenvalue weighted by atomic mass is 10.0. The van der Waals surface area contributed by atoms with E-state index in [1.807, 2.05) is 0 Å². The Bertz CT molecular complexity index is 315. The van der Waals surface area contributed by atoms with Gasteiger partial charge in [-0.05, 0) is 18.6 Å². The highest BCUT2D eigenvalue weighted by molar-refractivity contribution is 6.31. The first-order chi connectivity index (χ1) is 6.07. The predicted molar refractivity (Wildman–Crippen MR) is 53.8 cm³/mol. The molecule has 0 unspecified atom stereocenters. The van der Waals surface area contributed by atoms with Crippen molar-refractivity contribution in [1.29, 1.82) is 0 Å². The molecule has 4 heteroatoms. The number of aryl methyl sites for hydroxylation is 1. The van der Waals surface area contributed by atoms with Gasteiger partial charge in [-0.3, -0.25) is 0 Å². The molecule has 0 saturated heterocycles. The van der Waals surface area contributed by atoms with E-state index in [-0.39, 0.29) is 12.3 Å². The third-order valence-corrected chi connectivity index (χ3v) is 2.32. The number of phenols is 1. The summed E-state index contributed by atoms with van der Waals surface area (Å²) in [7, 11) is 0. The number of phenolic OH excluding ortho intramolecular Hbond substituents is 1. The molecule has 0 aliphatic rings. The lowest BCUT2D eigenvalue weighted by Gasteiger charge is -2.14. The van der Waals surface area contributed by atoms with Crippen molar-refractivity contribution in [3.8, 4) is 5.75 Å². The van der Waals surface area contributed by atoms with Crippen LogP contribution < -0.4 is 11.5 Å². The molecule has 0 fully saturated rings. The minimum atomic E-state index is -0.410. The number of benzene rings is 1. The van der Waals surface area contributed by atoms with Crippen molar-refractivity contribution in [1.82, 2.24) is 0 Å². The lowest BCUT2D eigenvalue weighted by Crippen LogP contribution is -2.21. The van der Waals surface area contributed by atoms with Crippen molar-refractivity contribution in [2.24, 2.45) is 11.5 Å². The van der Waals surface area contributed by atoms with E-state index in [2.05, 4.69) is 0 Å². The molecule has 0 aromatic heterocycles. The summed E-state index contributed by atoms with van der Waals surface area (Å²) < 4.78 is 0. The van der Waals surface area contributed by atoms with Crippen LogP contribution >= 0.6 is 11.6 Å². The number of nitrogens with two attached hydrogens (primary N) is 2. The molecule has 72 valence electrons. The van der Waals surface area contributed by atoms with Crippen LogP contribution in [0.3, 0.4) is 0 Å². The second-order valence-corrected chi connectivity index (χ2v) is 3.38. The molecule has 1 aromatic rings. The Kier molecular flexibility index (Phi) is 3.14. The van der Waals surface area contributed by atoms with Gasteiger partial charge in [0.25, 0.3) is 0 Å². The second-order valence-electron chi connectivity index (χ2n) is 2.97. The molecular formula is C9H13ClN2O. The zero-order valence-electron chi connectivity index (χ0n) is 7.42. The van der Waals surface area contributed by atoms with E-state index in [4.69, 9.17) is 23.1 Å². The quantitative estimate of drug-likeness (QED) is 0.674. The number of rotatable bonds is 2. The molecule has 5 N–H and O–H groups in total. The van der Waals surface area contributed by atoms with Crippen LogP contribution in [-0.4, -0.2) is 11.7 Å². The highest BCUT2D eigenvalue weighted by Gasteiger charge is 2.14. The van der Waals surface area contributed by atoms with Crippen LogP contribution in [0.5, 0.6) is 5.75 Å². The van der Waals surface area contributed by atoms with Crippen molar-refractivity contribution >= 4 is 11.6 Å². The summed E-state index contributed by atoms with van der Waals surface area (Å²) in [5, 5.41) is 10.1. The standard InChI is InChI=1S/C9H13ClN2O/c1-5-2-3-6(10)8(9(5)13)7(12)4-11/h2-3,7,13H,4,11-12H2,1H3/t7-/m1/s1. The molecule has 0 spiro atoms. The third kappa shape index (κ3) is 1.94. The van der Waals surface area contributed by atoms with Crippen molar-refractivity contribution < 1.29 is 5.11 Å². The number of halogens is 1. The van der Waals surface area contributed by atoms with Gasteiger partial charge in [-0.2, -0.15) is 0 Å². The number of hydrogen-bond donors (Lipinski definition) is 3. The van der Waals surface area contributed by atoms with Crippen LogP contribution in [0, 0.1) is 6.92 Å². The molecule has 1 rings (SSSR count). The van der Waals surface area contributed by atoms with Crippen molar-refractivity contribution in [2.75, 3.05) is 6.54 Å². The van der Waals surface area contributed by atoms with Gasteiger partial charge in [0, 0.05) is 23.2 Å². The van der Waals surface area contributed by atoms with Gasteiger partial charge in [0.1, 0.15) is 5.75 Å². The highest BCUT2D eigenvalue weighted by Crippen LogP contribution is 2.32. The Morgan fingerprint density at radius 1 is 1.54 bits per heavy atom. The first kappa shape index (κ1) is 10.3. The highest BCUT2D eigenvalue weighted by atomic mass is 35.5. The molecule has 0 saturated carbocycles. The topological polar surface area (TPSA) is 72.3 Å². The van der Waals surface area contributed by atoms with Crippen LogP contribution in [0.15, 0.2) is 12.1 Å². The van der Waals surface area contributed by atoms with Gasteiger partial charge >= 0.3 is 0 Å². The SMILES string of the molecule is Cc1ccc(Cl)c([C@H](N)CN)c1O. The Balaban J connectivity index is 3.25. The molecule has 0 bridgehead atoms. The Labute approximate surface area is 82.3 Å². The summed E-state index contributed by atoms with van der Waals surface area (Å²) >= 11 is 5.88. The van der Waals surface area contributed by atoms with E-state index in [0.29, 0.717) is 10.6 Å². The van der Waals surface area contributed by atoms with Gasteiger partial charge in [0.05, 0.1) is 0 Å². The maximum atomic E-state index is 9.66. The van der Waals surface area contributed by atoms with Crippen LogP contribution in [-0.2, 0) is 0 Å². The van der Waals surface area contributed by atoms with Gasteiger partial charge in [-0.25, -0.2) is 0 Å². The normalized spacial score (nSPS) is 12.9. The summed E-state index contributed by atoms with van der Waals surface area (Å²) in [4.78, 5) is 0. The zero-order chi connectivity index (χ0) is 10.0. The molecular weight excluding hydrogens is 188 g/mol. The van der Waals surface area contributed by atoms with Crippen LogP contribution in [0.1, 0.15) is 17.2 Å². The van der Waals surface area contributed by atoms with Gasteiger partial charge in [-0.1, -0.05) is 17.7 Å². The monoisotopic (exact) mass is 200 g/mol. The molecule has 1 atom stereocenters. The first-order valence-corrected chi connectivity index (χ1v) is 4.39. The summed E-state index contributed by atoms with van der Waals surface area (Å²) in [5.41, 5.74) is 12.4. The molecule has 0 aliphatic carbocycles.